The second kappa shape index (κ2) is 7.49. The molecule has 110 valence electrons. The maximum atomic E-state index is 9.10. The number of ether oxygens (including phenoxy) is 1. The van der Waals surface area contributed by atoms with E-state index in [9.17, 15) is 0 Å². The van der Waals surface area contributed by atoms with E-state index in [0.29, 0.717) is 6.54 Å². The SMILES string of the molecule is CC1CC1COc1ccccc1CN.O=C(O)C(=O)O. The molecule has 0 aromatic heterocycles. The molecule has 0 aliphatic heterocycles. The monoisotopic (exact) mass is 281 g/mol. The molecule has 0 radical (unpaired) electrons. The highest BCUT2D eigenvalue weighted by Crippen LogP contribution is 2.38. The van der Waals surface area contributed by atoms with Crippen molar-refractivity contribution >= 4 is 11.9 Å². The smallest absolute Gasteiger partial charge is 0.414 e. The normalized spacial score (nSPS) is 19.5. The van der Waals surface area contributed by atoms with Gasteiger partial charge in [0.25, 0.3) is 0 Å². The zero-order valence-corrected chi connectivity index (χ0v) is 11.3. The first-order chi connectivity index (χ1) is 9.45. The van der Waals surface area contributed by atoms with Crippen LogP contribution in [0.15, 0.2) is 24.3 Å². The molecule has 1 aromatic rings. The molecule has 2 atom stereocenters. The van der Waals surface area contributed by atoms with E-state index in [1.54, 1.807) is 0 Å². The molecule has 0 saturated heterocycles. The van der Waals surface area contributed by atoms with Crippen LogP contribution in [0.2, 0.25) is 0 Å². The second-order valence-corrected chi connectivity index (χ2v) is 4.71. The van der Waals surface area contributed by atoms with E-state index in [0.717, 1.165) is 29.8 Å². The Hall–Kier alpha value is -2.08. The van der Waals surface area contributed by atoms with E-state index < -0.39 is 11.9 Å². The first-order valence-electron chi connectivity index (χ1n) is 6.32. The molecule has 0 spiro atoms. The highest BCUT2D eigenvalue weighted by molar-refractivity contribution is 6.27. The first-order valence-corrected chi connectivity index (χ1v) is 6.32. The Morgan fingerprint density at radius 1 is 1.30 bits per heavy atom. The molecule has 0 heterocycles. The lowest BCUT2D eigenvalue weighted by Crippen LogP contribution is -2.09. The van der Waals surface area contributed by atoms with Gasteiger partial charge in [0.1, 0.15) is 5.75 Å². The molecule has 6 nitrogen and oxygen atoms in total. The Labute approximate surface area is 117 Å². The van der Waals surface area contributed by atoms with E-state index in [2.05, 4.69) is 6.92 Å². The van der Waals surface area contributed by atoms with Gasteiger partial charge < -0.3 is 20.7 Å². The summed E-state index contributed by atoms with van der Waals surface area (Å²) in [4.78, 5) is 18.2. The van der Waals surface area contributed by atoms with Gasteiger partial charge in [0.2, 0.25) is 0 Å². The number of carboxylic acids is 2. The van der Waals surface area contributed by atoms with Gasteiger partial charge in [-0.3, -0.25) is 0 Å². The predicted molar refractivity (Wildman–Crippen MR) is 72.4 cm³/mol. The van der Waals surface area contributed by atoms with Crippen molar-refractivity contribution in [3.05, 3.63) is 29.8 Å². The molecule has 4 N–H and O–H groups in total. The minimum absolute atomic E-state index is 0.552. The molecule has 0 bridgehead atoms. The van der Waals surface area contributed by atoms with Crippen molar-refractivity contribution in [2.45, 2.75) is 19.9 Å². The van der Waals surface area contributed by atoms with Crippen LogP contribution in [0, 0.1) is 11.8 Å². The van der Waals surface area contributed by atoms with Crippen LogP contribution in [0.25, 0.3) is 0 Å². The van der Waals surface area contributed by atoms with Gasteiger partial charge in [0.05, 0.1) is 6.61 Å². The second-order valence-electron chi connectivity index (χ2n) is 4.71. The van der Waals surface area contributed by atoms with Gasteiger partial charge in [-0.05, 0) is 24.3 Å². The van der Waals surface area contributed by atoms with Crippen molar-refractivity contribution < 1.29 is 24.5 Å². The Morgan fingerprint density at radius 2 is 1.85 bits per heavy atom. The van der Waals surface area contributed by atoms with Gasteiger partial charge >= 0.3 is 11.9 Å². The molecule has 1 saturated carbocycles. The number of nitrogens with two attached hydrogens (primary N) is 1. The van der Waals surface area contributed by atoms with Crippen LogP contribution in [-0.4, -0.2) is 28.8 Å². The summed E-state index contributed by atoms with van der Waals surface area (Å²) in [6, 6.07) is 8.00. The number of hydrogen-bond donors (Lipinski definition) is 3. The van der Waals surface area contributed by atoms with E-state index in [1.165, 1.54) is 6.42 Å². The van der Waals surface area contributed by atoms with Crippen molar-refractivity contribution in [3.63, 3.8) is 0 Å². The van der Waals surface area contributed by atoms with Gasteiger partial charge in [-0.2, -0.15) is 0 Å². The quantitative estimate of drug-likeness (QED) is 0.718. The average Bonchev–Trinajstić information content (AvgIpc) is 3.13. The third-order valence-corrected chi connectivity index (χ3v) is 3.10. The zero-order valence-electron chi connectivity index (χ0n) is 11.3. The molecule has 2 rings (SSSR count). The maximum absolute atomic E-state index is 9.10. The summed E-state index contributed by atoms with van der Waals surface area (Å²) < 4.78 is 5.74. The number of benzene rings is 1. The van der Waals surface area contributed by atoms with Crippen LogP contribution >= 0.6 is 0 Å². The van der Waals surface area contributed by atoms with E-state index in [1.807, 2.05) is 24.3 Å². The van der Waals surface area contributed by atoms with E-state index in [4.69, 9.17) is 30.3 Å². The first kappa shape index (κ1) is 16.0. The lowest BCUT2D eigenvalue weighted by Gasteiger charge is -2.09. The van der Waals surface area contributed by atoms with Crippen LogP contribution in [-0.2, 0) is 16.1 Å². The highest BCUT2D eigenvalue weighted by atomic mass is 16.5. The summed E-state index contributed by atoms with van der Waals surface area (Å²) >= 11 is 0. The number of aliphatic carboxylic acids is 2. The van der Waals surface area contributed by atoms with Crippen LogP contribution < -0.4 is 10.5 Å². The summed E-state index contributed by atoms with van der Waals surface area (Å²) in [6.07, 6.45) is 1.31. The minimum Gasteiger partial charge on any atom is -0.493 e. The van der Waals surface area contributed by atoms with E-state index in [-0.39, 0.29) is 0 Å². The van der Waals surface area contributed by atoms with Crippen molar-refractivity contribution in [1.29, 1.82) is 0 Å². The summed E-state index contributed by atoms with van der Waals surface area (Å²) in [5.41, 5.74) is 6.72. The molecule has 1 aliphatic carbocycles. The van der Waals surface area contributed by atoms with Crippen LogP contribution in [0.4, 0.5) is 0 Å². The van der Waals surface area contributed by atoms with Crippen molar-refractivity contribution in [1.82, 2.24) is 0 Å². The van der Waals surface area contributed by atoms with Crippen molar-refractivity contribution in [2.24, 2.45) is 17.6 Å². The number of para-hydroxylation sites is 1. The van der Waals surface area contributed by atoms with Crippen molar-refractivity contribution in [2.75, 3.05) is 6.61 Å². The predicted octanol–water partition coefficient (Wildman–Crippen LogP) is 1.34. The maximum Gasteiger partial charge on any atom is 0.414 e. The van der Waals surface area contributed by atoms with Gasteiger partial charge in [-0.15, -0.1) is 0 Å². The average molecular weight is 281 g/mol. The third kappa shape index (κ3) is 5.27. The Morgan fingerprint density at radius 3 is 2.30 bits per heavy atom. The molecule has 6 heteroatoms. The lowest BCUT2D eigenvalue weighted by molar-refractivity contribution is -0.159. The summed E-state index contributed by atoms with van der Waals surface area (Å²) in [6.45, 7) is 3.66. The molecule has 2 unspecified atom stereocenters. The molecular formula is C14H19NO5. The summed E-state index contributed by atoms with van der Waals surface area (Å²) in [5, 5.41) is 14.8. The van der Waals surface area contributed by atoms with Crippen molar-refractivity contribution in [3.8, 4) is 5.75 Å². The summed E-state index contributed by atoms with van der Waals surface area (Å²) in [7, 11) is 0. The van der Waals surface area contributed by atoms with Gasteiger partial charge in [-0.1, -0.05) is 25.1 Å². The fraction of sp³-hybridized carbons (Fsp3) is 0.429. The molecule has 20 heavy (non-hydrogen) atoms. The van der Waals surface area contributed by atoms with Gasteiger partial charge in [-0.25, -0.2) is 9.59 Å². The molecule has 1 aliphatic rings. The molecule has 1 aromatic carbocycles. The van der Waals surface area contributed by atoms with Crippen LogP contribution in [0.1, 0.15) is 18.9 Å². The Balaban J connectivity index is 0.000000286. The molecule has 0 amide bonds. The largest absolute Gasteiger partial charge is 0.493 e. The molecular weight excluding hydrogens is 262 g/mol. The van der Waals surface area contributed by atoms with Gasteiger partial charge in [0, 0.05) is 12.1 Å². The molecule has 1 fully saturated rings. The topological polar surface area (TPSA) is 110 Å². The Kier molecular flexibility index (Phi) is 5.99. The fourth-order valence-electron chi connectivity index (χ4n) is 1.64. The lowest BCUT2D eigenvalue weighted by atomic mass is 10.2. The number of carbonyl (C=O) groups is 2. The number of carboxylic acid groups (broad SMARTS) is 2. The zero-order chi connectivity index (χ0) is 15.1. The van der Waals surface area contributed by atoms with E-state index >= 15 is 0 Å². The summed E-state index contributed by atoms with van der Waals surface area (Å²) in [5.74, 6) is -1.08. The Bertz CT molecular complexity index is 462. The number of hydrogen-bond acceptors (Lipinski definition) is 4. The van der Waals surface area contributed by atoms with Crippen LogP contribution in [0.3, 0.4) is 0 Å². The van der Waals surface area contributed by atoms with Gasteiger partial charge in [0.15, 0.2) is 0 Å². The van der Waals surface area contributed by atoms with Crippen LogP contribution in [0.5, 0.6) is 5.75 Å². The minimum atomic E-state index is -1.82. The number of rotatable bonds is 4. The highest BCUT2D eigenvalue weighted by Gasteiger charge is 2.33. The standard InChI is InChI=1S/C12H17NO.C2H2O4/c1-9-6-11(9)8-14-12-5-3-2-4-10(12)7-13;3-1(4)2(5)6/h2-5,9,11H,6-8,13H2,1H3;(H,3,4)(H,5,6). The fourth-order valence-corrected chi connectivity index (χ4v) is 1.64. The third-order valence-electron chi connectivity index (χ3n) is 3.10.